The third kappa shape index (κ3) is 1.76. The molecular formula is C15H12N2O. The van der Waals surface area contributed by atoms with E-state index in [9.17, 15) is 4.79 Å². The summed E-state index contributed by atoms with van der Waals surface area (Å²) in [4.78, 5) is 14.4. The van der Waals surface area contributed by atoms with E-state index in [0.29, 0.717) is 0 Å². The Balaban J connectivity index is 2.24. The molecule has 0 amide bonds. The third-order valence-corrected chi connectivity index (χ3v) is 2.90. The molecule has 2 aromatic carbocycles. The third-order valence-electron chi connectivity index (χ3n) is 2.90. The molecule has 0 aliphatic heterocycles. The Morgan fingerprint density at radius 1 is 0.889 bits per heavy atom. The smallest absolute Gasteiger partial charge is 0.312 e. The summed E-state index contributed by atoms with van der Waals surface area (Å²) < 4.78 is 1.61. The first kappa shape index (κ1) is 10.6. The fourth-order valence-corrected chi connectivity index (χ4v) is 2.06. The molecule has 88 valence electrons. The Morgan fingerprint density at radius 2 is 1.61 bits per heavy atom. The van der Waals surface area contributed by atoms with Crippen molar-refractivity contribution in [2.24, 2.45) is 0 Å². The minimum absolute atomic E-state index is 0.126. The van der Waals surface area contributed by atoms with Gasteiger partial charge in [-0.05, 0) is 11.6 Å². The highest BCUT2D eigenvalue weighted by Gasteiger charge is 2.07. The van der Waals surface area contributed by atoms with E-state index in [1.807, 2.05) is 54.6 Å². The van der Waals surface area contributed by atoms with Crippen LogP contribution in [0.2, 0.25) is 0 Å². The van der Waals surface area contributed by atoms with Gasteiger partial charge in [-0.15, -0.1) is 0 Å². The van der Waals surface area contributed by atoms with Gasteiger partial charge in [-0.3, -0.25) is 4.57 Å². The van der Waals surface area contributed by atoms with Crippen LogP contribution in [0.5, 0.6) is 0 Å². The van der Waals surface area contributed by atoms with Crippen LogP contribution in [0.4, 0.5) is 0 Å². The van der Waals surface area contributed by atoms with Crippen molar-refractivity contribution in [3.63, 3.8) is 0 Å². The molecule has 1 aromatic heterocycles. The lowest BCUT2D eigenvalue weighted by molar-refractivity contribution is 0.989. The van der Waals surface area contributed by atoms with Crippen LogP contribution >= 0.6 is 0 Å². The largest absolute Gasteiger partial charge is 0.330 e. The van der Waals surface area contributed by atoms with Crippen molar-refractivity contribution in [3.8, 4) is 16.8 Å². The summed E-state index contributed by atoms with van der Waals surface area (Å²) in [5.41, 5.74) is 2.90. The quantitative estimate of drug-likeness (QED) is 0.730. The number of rotatable bonds is 2. The van der Waals surface area contributed by atoms with Gasteiger partial charge in [0.1, 0.15) is 0 Å². The van der Waals surface area contributed by atoms with Crippen molar-refractivity contribution >= 4 is 0 Å². The van der Waals surface area contributed by atoms with Gasteiger partial charge in [0.15, 0.2) is 0 Å². The summed E-state index contributed by atoms with van der Waals surface area (Å²) in [6, 6.07) is 17.9. The minimum atomic E-state index is -0.126. The normalized spacial score (nSPS) is 10.4. The van der Waals surface area contributed by atoms with Crippen LogP contribution in [-0.4, -0.2) is 9.55 Å². The number of para-hydroxylation sites is 1. The van der Waals surface area contributed by atoms with Crippen LogP contribution in [0.25, 0.3) is 16.8 Å². The lowest BCUT2D eigenvalue weighted by atomic mass is 10.0. The second-order valence-electron chi connectivity index (χ2n) is 4.02. The minimum Gasteiger partial charge on any atom is -0.312 e. The Bertz CT molecular complexity index is 710. The van der Waals surface area contributed by atoms with Gasteiger partial charge in [0.05, 0.1) is 5.69 Å². The van der Waals surface area contributed by atoms with Crippen molar-refractivity contribution in [1.82, 2.24) is 9.55 Å². The number of nitrogens with zero attached hydrogens (tertiary/aromatic N) is 1. The highest BCUT2D eigenvalue weighted by atomic mass is 16.1. The molecule has 3 aromatic rings. The second kappa shape index (κ2) is 4.37. The van der Waals surface area contributed by atoms with Crippen molar-refractivity contribution in [2.45, 2.75) is 0 Å². The molecule has 1 N–H and O–H groups in total. The van der Waals surface area contributed by atoms with Gasteiger partial charge in [0, 0.05) is 18.0 Å². The summed E-state index contributed by atoms with van der Waals surface area (Å²) in [6.07, 6.45) is 3.38. The van der Waals surface area contributed by atoms with E-state index in [4.69, 9.17) is 0 Å². The number of hydrogen-bond donors (Lipinski definition) is 1. The first-order valence-electron chi connectivity index (χ1n) is 5.77. The van der Waals surface area contributed by atoms with Crippen molar-refractivity contribution in [2.75, 3.05) is 0 Å². The zero-order valence-corrected chi connectivity index (χ0v) is 9.71. The fourth-order valence-electron chi connectivity index (χ4n) is 2.06. The molecule has 0 aliphatic carbocycles. The second-order valence-corrected chi connectivity index (χ2v) is 4.02. The Morgan fingerprint density at radius 3 is 2.33 bits per heavy atom. The molecule has 0 saturated carbocycles. The number of aromatic amines is 1. The van der Waals surface area contributed by atoms with Crippen LogP contribution < -0.4 is 5.69 Å². The zero-order chi connectivity index (χ0) is 12.4. The SMILES string of the molecule is O=c1[nH]ccn1-c1ccccc1-c1ccccc1. The van der Waals surface area contributed by atoms with E-state index in [1.165, 1.54) is 0 Å². The van der Waals surface area contributed by atoms with Crippen LogP contribution in [0.15, 0.2) is 71.8 Å². The Labute approximate surface area is 104 Å². The Kier molecular flexibility index (Phi) is 2.57. The van der Waals surface area contributed by atoms with Gasteiger partial charge in [0.25, 0.3) is 0 Å². The summed E-state index contributed by atoms with van der Waals surface area (Å²) >= 11 is 0. The molecule has 0 bridgehead atoms. The average molecular weight is 236 g/mol. The number of benzene rings is 2. The maximum Gasteiger partial charge on any atom is 0.330 e. The Hall–Kier alpha value is -2.55. The summed E-state index contributed by atoms with van der Waals surface area (Å²) in [7, 11) is 0. The molecule has 0 unspecified atom stereocenters. The molecule has 0 atom stereocenters. The highest BCUT2D eigenvalue weighted by molar-refractivity contribution is 5.72. The first-order chi connectivity index (χ1) is 8.86. The molecule has 1 heterocycles. The van der Waals surface area contributed by atoms with Crippen molar-refractivity contribution in [1.29, 1.82) is 0 Å². The molecule has 18 heavy (non-hydrogen) atoms. The molecule has 0 aliphatic rings. The first-order valence-corrected chi connectivity index (χ1v) is 5.77. The van der Waals surface area contributed by atoms with Gasteiger partial charge in [-0.1, -0.05) is 48.5 Å². The summed E-state index contributed by atoms with van der Waals surface area (Å²) in [5, 5.41) is 0. The van der Waals surface area contributed by atoms with Crippen LogP contribution in [0.3, 0.4) is 0 Å². The lowest BCUT2D eigenvalue weighted by Crippen LogP contribution is -2.14. The fraction of sp³-hybridized carbons (Fsp3) is 0. The number of imidazole rings is 1. The van der Waals surface area contributed by atoms with Crippen LogP contribution in [-0.2, 0) is 0 Å². The maximum atomic E-state index is 11.7. The molecule has 3 rings (SSSR count). The van der Waals surface area contributed by atoms with E-state index < -0.39 is 0 Å². The van der Waals surface area contributed by atoms with E-state index in [2.05, 4.69) is 4.98 Å². The van der Waals surface area contributed by atoms with Gasteiger partial charge < -0.3 is 4.98 Å². The highest BCUT2D eigenvalue weighted by Crippen LogP contribution is 2.25. The van der Waals surface area contributed by atoms with Crippen LogP contribution in [0.1, 0.15) is 0 Å². The molecule has 0 fully saturated rings. The van der Waals surface area contributed by atoms with Gasteiger partial charge in [-0.2, -0.15) is 0 Å². The number of aromatic nitrogens is 2. The monoisotopic (exact) mass is 236 g/mol. The average Bonchev–Trinajstić information content (AvgIpc) is 2.86. The summed E-state index contributed by atoms with van der Waals surface area (Å²) in [5.74, 6) is 0. The topological polar surface area (TPSA) is 37.8 Å². The molecule has 3 nitrogen and oxygen atoms in total. The molecule has 0 saturated heterocycles. The molecule has 3 heteroatoms. The van der Waals surface area contributed by atoms with Gasteiger partial charge >= 0.3 is 5.69 Å². The van der Waals surface area contributed by atoms with Crippen molar-refractivity contribution < 1.29 is 0 Å². The number of nitrogens with one attached hydrogen (secondary N) is 1. The number of hydrogen-bond acceptors (Lipinski definition) is 1. The van der Waals surface area contributed by atoms with Gasteiger partial charge in [-0.25, -0.2) is 4.79 Å². The van der Waals surface area contributed by atoms with E-state index >= 15 is 0 Å². The predicted molar refractivity (Wildman–Crippen MR) is 71.8 cm³/mol. The van der Waals surface area contributed by atoms with Crippen LogP contribution in [0, 0.1) is 0 Å². The molecule has 0 spiro atoms. The van der Waals surface area contributed by atoms with Crippen molar-refractivity contribution in [3.05, 3.63) is 77.5 Å². The standard InChI is InChI=1S/C15H12N2O/c18-15-16-10-11-17(15)14-9-5-4-8-13(14)12-6-2-1-3-7-12/h1-11H,(H,16,18). The van der Waals surface area contributed by atoms with E-state index in [1.54, 1.807) is 17.0 Å². The molecule has 0 radical (unpaired) electrons. The van der Waals surface area contributed by atoms with Gasteiger partial charge in [0.2, 0.25) is 0 Å². The predicted octanol–water partition coefficient (Wildman–Crippen LogP) is 2.83. The summed E-state index contributed by atoms with van der Waals surface area (Å²) in [6.45, 7) is 0. The lowest BCUT2D eigenvalue weighted by Gasteiger charge is -2.09. The zero-order valence-electron chi connectivity index (χ0n) is 9.71. The number of H-pyrrole nitrogens is 1. The van der Waals surface area contributed by atoms with E-state index in [-0.39, 0.29) is 5.69 Å². The maximum absolute atomic E-state index is 11.7. The molecular weight excluding hydrogens is 224 g/mol. The van der Waals surface area contributed by atoms with E-state index in [0.717, 1.165) is 16.8 Å².